The Bertz CT molecular complexity index is 246. The van der Waals surface area contributed by atoms with Crippen LogP contribution in [0.4, 0.5) is 0 Å². The Morgan fingerprint density at radius 1 is 1.44 bits per heavy atom. The van der Waals surface area contributed by atoms with Crippen molar-refractivity contribution < 1.29 is 4.79 Å². The summed E-state index contributed by atoms with van der Waals surface area (Å²) in [5.74, 6) is 1.71. The lowest BCUT2D eigenvalue weighted by atomic mass is 10.1. The van der Waals surface area contributed by atoms with E-state index in [1.165, 1.54) is 0 Å². The van der Waals surface area contributed by atoms with Crippen molar-refractivity contribution in [3.8, 4) is 0 Å². The third kappa shape index (κ3) is 2.84. The average Bonchev–Trinajstić information content (AvgIpc) is 2.74. The largest absolute Gasteiger partial charge is 0.338 e. The summed E-state index contributed by atoms with van der Waals surface area (Å²) in [6.07, 6.45) is 1.02. The fraction of sp³-hybridized carbons (Fsp3) is 0.909. The van der Waals surface area contributed by atoms with Gasteiger partial charge in [-0.25, -0.2) is 0 Å². The van der Waals surface area contributed by atoms with E-state index >= 15 is 0 Å². The molecule has 1 N–H and O–H groups in total. The molecular weight excluding hydrogens is 244 g/mol. The fourth-order valence-electron chi connectivity index (χ4n) is 2.34. The number of amides is 1. The van der Waals surface area contributed by atoms with Gasteiger partial charge in [-0.1, -0.05) is 6.92 Å². The number of rotatable bonds is 1. The van der Waals surface area contributed by atoms with E-state index in [0.29, 0.717) is 17.2 Å². The number of halogens is 1. The van der Waals surface area contributed by atoms with E-state index in [1.807, 2.05) is 11.8 Å². The van der Waals surface area contributed by atoms with Crippen LogP contribution >= 0.6 is 24.2 Å². The van der Waals surface area contributed by atoms with Gasteiger partial charge in [0.1, 0.15) is 0 Å². The highest BCUT2D eigenvalue weighted by Gasteiger charge is 2.33. The second-order valence-corrected chi connectivity index (χ2v) is 6.02. The van der Waals surface area contributed by atoms with E-state index in [2.05, 4.69) is 24.1 Å². The van der Waals surface area contributed by atoms with Crippen molar-refractivity contribution in [2.75, 3.05) is 25.4 Å². The second kappa shape index (κ2) is 6.12. The number of carbonyl (C=O) groups excluding carboxylic acids is 1. The molecule has 16 heavy (non-hydrogen) atoms. The first kappa shape index (κ1) is 14.1. The van der Waals surface area contributed by atoms with Gasteiger partial charge >= 0.3 is 0 Å². The SMILES string of the molecule is CC1SCCN(C(=O)[C@@H]2CCNC2)C1C.Cl. The van der Waals surface area contributed by atoms with Crippen LogP contribution in [0.15, 0.2) is 0 Å². The van der Waals surface area contributed by atoms with Crippen LogP contribution in [0.1, 0.15) is 20.3 Å². The minimum Gasteiger partial charge on any atom is -0.338 e. The zero-order valence-electron chi connectivity index (χ0n) is 9.94. The van der Waals surface area contributed by atoms with E-state index in [0.717, 1.165) is 31.8 Å². The molecule has 0 radical (unpaired) electrons. The first-order valence-corrected chi connectivity index (χ1v) is 6.88. The molecule has 3 nitrogen and oxygen atoms in total. The molecule has 2 fully saturated rings. The molecule has 0 aliphatic carbocycles. The molecule has 1 amide bonds. The molecule has 3 atom stereocenters. The number of nitrogens with zero attached hydrogens (tertiary/aromatic N) is 1. The molecule has 0 saturated carbocycles. The number of hydrogen-bond acceptors (Lipinski definition) is 3. The van der Waals surface area contributed by atoms with Gasteiger partial charge in [-0.2, -0.15) is 11.8 Å². The molecule has 0 aromatic heterocycles. The van der Waals surface area contributed by atoms with Crippen molar-refractivity contribution in [2.24, 2.45) is 5.92 Å². The fourth-order valence-corrected chi connectivity index (χ4v) is 3.44. The Kier molecular flexibility index (Phi) is 5.41. The van der Waals surface area contributed by atoms with Crippen LogP contribution in [0.25, 0.3) is 0 Å². The van der Waals surface area contributed by atoms with Gasteiger partial charge in [-0.05, 0) is 19.9 Å². The Balaban J connectivity index is 0.00000128. The smallest absolute Gasteiger partial charge is 0.227 e. The zero-order valence-corrected chi connectivity index (χ0v) is 11.6. The molecule has 0 spiro atoms. The number of nitrogens with one attached hydrogen (secondary N) is 1. The summed E-state index contributed by atoms with van der Waals surface area (Å²) in [5.41, 5.74) is 0. The standard InChI is InChI=1S/C11H20N2OS.ClH/c1-8-9(2)15-6-5-13(8)11(14)10-3-4-12-7-10;/h8-10,12H,3-7H2,1-2H3;1H/t8?,9?,10-;/m1./s1. The summed E-state index contributed by atoms with van der Waals surface area (Å²) < 4.78 is 0. The van der Waals surface area contributed by atoms with Gasteiger partial charge in [0.2, 0.25) is 5.91 Å². The number of hydrogen-bond donors (Lipinski definition) is 1. The normalized spacial score (nSPS) is 34.6. The molecular formula is C11H21ClN2OS. The van der Waals surface area contributed by atoms with Gasteiger partial charge in [0.15, 0.2) is 0 Å². The van der Waals surface area contributed by atoms with Gasteiger partial charge in [-0.3, -0.25) is 4.79 Å². The first-order valence-electron chi connectivity index (χ1n) is 5.83. The molecule has 94 valence electrons. The molecule has 2 unspecified atom stereocenters. The molecule has 2 heterocycles. The van der Waals surface area contributed by atoms with Gasteiger partial charge in [-0.15, -0.1) is 12.4 Å². The van der Waals surface area contributed by atoms with Gasteiger partial charge in [0.25, 0.3) is 0 Å². The summed E-state index contributed by atoms with van der Waals surface area (Å²) in [4.78, 5) is 14.3. The molecule has 0 aromatic carbocycles. The maximum absolute atomic E-state index is 12.2. The predicted octanol–water partition coefficient (Wildman–Crippen LogP) is 1.37. The van der Waals surface area contributed by atoms with Crippen molar-refractivity contribution in [3.05, 3.63) is 0 Å². The summed E-state index contributed by atoms with van der Waals surface area (Å²) in [6.45, 7) is 7.22. The lowest BCUT2D eigenvalue weighted by Gasteiger charge is -2.38. The quantitative estimate of drug-likeness (QED) is 0.777. The second-order valence-electron chi connectivity index (χ2n) is 4.54. The Hall–Kier alpha value is 0.0700. The van der Waals surface area contributed by atoms with Gasteiger partial charge in [0, 0.05) is 30.1 Å². The Morgan fingerprint density at radius 2 is 2.19 bits per heavy atom. The van der Waals surface area contributed by atoms with E-state index in [1.54, 1.807) is 0 Å². The number of thioether (sulfide) groups is 1. The van der Waals surface area contributed by atoms with Crippen LogP contribution in [0.5, 0.6) is 0 Å². The summed E-state index contributed by atoms with van der Waals surface area (Å²) in [7, 11) is 0. The first-order chi connectivity index (χ1) is 7.20. The van der Waals surface area contributed by atoms with Crippen molar-refractivity contribution in [1.82, 2.24) is 10.2 Å². The highest BCUT2D eigenvalue weighted by molar-refractivity contribution is 8.00. The highest BCUT2D eigenvalue weighted by Crippen LogP contribution is 2.26. The minimum atomic E-state index is 0. The molecule has 2 aliphatic rings. The summed E-state index contributed by atoms with van der Waals surface area (Å²) >= 11 is 1.98. The van der Waals surface area contributed by atoms with E-state index in [-0.39, 0.29) is 18.3 Å². The molecule has 2 saturated heterocycles. The number of carbonyl (C=O) groups is 1. The lowest BCUT2D eigenvalue weighted by molar-refractivity contribution is -0.136. The molecule has 5 heteroatoms. The lowest BCUT2D eigenvalue weighted by Crippen LogP contribution is -2.50. The van der Waals surface area contributed by atoms with E-state index < -0.39 is 0 Å². The Labute approximate surface area is 108 Å². The van der Waals surface area contributed by atoms with Crippen LogP contribution in [0.2, 0.25) is 0 Å². The summed E-state index contributed by atoms with van der Waals surface area (Å²) in [5, 5.41) is 3.85. The van der Waals surface area contributed by atoms with Gasteiger partial charge in [0.05, 0.1) is 5.92 Å². The summed E-state index contributed by atoms with van der Waals surface area (Å²) in [6, 6.07) is 0.400. The zero-order chi connectivity index (χ0) is 10.8. The average molecular weight is 265 g/mol. The minimum absolute atomic E-state index is 0. The van der Waals surface area contributed by atoms with E-state index in [9.17, 15) is 4.79 Å². The highest BCUT2D eigenvalue weighted by atomic mass is 35.5. The van der Waals surface area contributed by atoms with Gasteiger partial charge < -0.3 is 10.2 Å². The van der Waals surface area contributed by atoms with Crippen LogP contribution < -0.4 is 5.32 Å². The topological polar surface area (TPSA) is 32.3 Å². The van der Waals surface area contributed by atoms with Crippen molar-refractivity contribution in [2.45, 2.75) is 31.6 Å². The predicted molar refractivity (Wildman–Crippen MR) is 71.3 cm³/mol. The van der Waals surface area contributed by atoms with Crippen molar-refractivity contribution in [3.63, 3.8) is 0 Å². The van der Waals surface area contributed by atoms with E-state index in [4.69, 9.17) is 0 Å². The van der Waals surface area contributed by atoms with Crippen LogP contribution in [-0.2, 0) is 4.79 Å². The molecule has 2 aliphatic heterocycles. The maximum Gasteiger partial charge on any atom is 0.227 e. The molecule has 0 bridgehead atoms. The van der Waals surface area contributed by atoms with Crippen LogP contribution in [0, 0.1) is 5.92 Å². The van der Waals surface area contributed by atoms with Crippen molar-refractivity contribution in [1.29, 1.82) is 0 Å². The Morgan fingerprint density at radius 3 is 2.81 bits per heavy atom. The molecule has 2 rings (SSSR count). The molecule has 0 aromatic rings. The van der Waals surface area contributed by atoms with Crippen LogP contribution in [0.3, 0.4) is 0 Å². The van der Waals surface area contributed by atoms with Crippen molar-refractivity contribution >= 4 is 30.1 Å². The third-order valence-electron chi connectivity index (χ3n) is 3.58. The monoisotopic (exact) mass is 264 g/mol. The third-order valence-corrected chi connectivity index (χ3v) is 4.91. The maximum atomic E-state index is 12.2. The van der Waals surface area contributed by atoms with Crippen LogP contribution in [-0.4, -0.2) is 47.5 Å².